The monoisotopic (exact) mass is 149 g/mol. The van der Waals surface area contributed by atoms with Crippen LogP contribution in [0.15, 0.2) is 12.2 Å². The predicted octanol–water partition coefficient (Wildman–Crippen LogP) is -0.100. The molecule has 0 heterocycles. The SMILES string of the molecule is CC=CC(=O)OS(=O)[O-]. The van der Waals surface area contributed by atoms with Crippen LogP contribution in [0.1, 0.15) is 6.92 Å². The zero-order valence-corrected chi connectivity index (χ0v) is 5.51. The molecular formula is C4H5O4S-. The molecule has 1 atom stereocenters. The maximum absolute atomic E-state index is 10.2. The third kappa shape index (κ3) is 5.19. The van der Waals surface area contributed by atoms with Crippen molar-refractivity contribution in [3.8, 4) is 0 Å². The summed E-state index contributed by atoms with van der Waals surface area (Å²) in [5.41, 5.74) is 0. The van der Waals surface area contributed by atoms with E-state index in [1.807, 2.05) is 0 Å². The van der Waals surface area contributed by atoms with E-state index in [4.69, 9.17) is 0 Å². The zero-order chi connectivity index (χ0) is 7.28. The van der Waals surface area contributed by atoms with Gasteiger partial charge in [-0.25, -0.2) is 9.00 Å². The first-order chi connectivity index (χ1) is 4.16. The minimum Gasteiger partial charge on any atom is -0.740 e. The molecule has 0 saturated heterocycles. The normalized spacial score (nSPS) is 13.6. The average Bonchev–Trinajstić information content (AvgIpc) is 1.63. The zero-order valence-electron chi connectivity index (χ0n) is 4.70. The Balaban J connectivity index is 3.64. The summed E-state index contributed by atoms with van der Waals surface area (Å²) in [6.45, 7) is 1.58. The number of rotatable bonds is 2. The van der Waals surface area contributed by atoms with Gasteiger partial charge in [0.1, 0.15) is 11.4 Å². The van der Waals surface area contributed by atoms with Crippen LogP contribution < -0.4 is 0 Å². The second-order valence-electron chi connectivity index (χ2n) is 1.11. The fourth-order valence-corrected chi connectivity index (χ4v) is 0.421. The molecule has 0 aromatic heterocycles. The van der Waals surface area contributed by atoms with E-state index < -0.39 is 17.3 Å². The molecule has 52 valence electrons. The first-order valence-electron chi connectivity index (χ1n) is 2.11. The standard InChI is InChI=1S/C4H6O4S/c1-2-3-4(5)8-9(6)7/h2-3H,1H3,(H,6,7)/p-1. The smallest absolute Gasteiger partial charge is 0.343 e. The molecule has 0 aliphatic heterocycles. The van der Waals surface area contributed by atoms with E-state index in [2.05, 4.69) is 4.18 Å². The molecule has 0 amide bonds. The number of carbonyl (C=O) groups is 1. The van der Waals surface area contributed by atoms with Gasteiger partial charge in [0, 0.05) is 6.08 Å². The molecule has 9 heavy (non-hydrogen) atoms. The summed E-state index contributed by atoms with van der Waals surface area (Å²) in [4.78, 5) is 10.2. The molecule has 0 fully saturated rings. The van der Waals surface area contributed by atoms with E-state index in [1.165, 1.54) is 6.08 Å². The summed E-state index contributed by atoms with van der Waals surface area (Å²) in [5.74, 6) is -0.883. The Labute approximate surface area is 55.0 Å². The lowest BCUT2D eigenvalue weighted by Gasteiger charge is -2.00. The number of hydrogen-bond donors (Lipinski definition) is 0. The van der Waals surface area contributed by atoms with Gasteiger partial charge in [-0.2, -0.15) is 0 Å². The van der Waals surface area contributed by atoms with E-state index >= 15 is 0 Å². The van der Waals surface area contributed by atoms with Crippen molar-refractivity contribution in [1.82, 2.24) is 0 Å². The molecule has 0 aliphatic rings. The Bertz CT molecular complexity index is 151. The second kappa shape index (κ2) is 4.22. The molecule has 0 bridgehead atoms. The van der Waals surface area contributed by atoms with Gasteiger partial charge < -0.3 is 8.74 Å². The lowest BCUT2D eigenvalue weighted by molar-refractivity contribution is -0.128. The largest absolute Gasteiger partial charge is 0.740 e. The molecule has 0 aromatic rings. The van der Waals surface area contributed by atoms with Gasteiger partial charge in [-0.3, -0.25) is 0 Å². The van der Waals surface area contributed by atoms with Gasteiger partial charge in [-0.1, -0.05) is 6.08 Å². The van der Waals surface area contributed by atoms with Crippen molar-refractivity contribution < 1.29 is 17.7 Å². The third-order valence-corrected chi connectivity index (χ3v) is 0.753. The van der Waals surface area contributed by atoms with Crippen LogP contribution in [0.25, 0.3) is 0 Å². The van der Waals surface area contributed by atoms with E-state index in [0.29, 0.717) is 0 Å². The van der Waals surface area contributed by atoms with Crippen LogP contribution in [-0.4, -0.2) is 14.7 Å². The van der Waals surface area contributed by atoms with Crippen molar-refractivity contribution in [3.63, 3.8) is 0 Å². The number of hydrogen-bond acceptors (Lipinski definition) is 4. The van der Waals surface area contributed by atoms with E-state index in [-0.39, 0.29) is 0 Å². The highest BCUT2D eigenvalue weighted by Gasteiger charge is 1.92. The Morgan fingerprint density at radius 2 is 2.33 bits per heavy atom. The molecule has 5 heteroatoms. The van der Waals surface area contributed by atoms with Crippen LogP contribution in [0.3, 0.4) is 0 Å². The molecular weight excluding hydrogens is 144 g/mol. The van der Waals surface area contributed by atoms with Crippen molar-refractivity contribution in [2.24, 2.45) is 0 Å². The van der Waals surface area contributed by atoms with Crippen molar-refractivity contribution in [3.05, 3.63) is 12.2 Å². The topological polar surface area (TPSA) is 66.4 Å². The van der Waals surface area contributed by atoms with Gasteiger partial charge in [0.25, 0.3) is 0 Å². The first-order valence-corrected chi connectivity index (χ1v) is 3.11. The van der Waals surface area contributed by atoms with Gasteiger partial charge >= 0.3 is 5.97 Å². The quantitative estimate of drug-likeness (QED) is 0.406. The summed E-state index contributed by atoms with van der Waals surface area (Å²) in [6.07, 6.45) is 2.39. The Hall–Kier alpha value is -0.680. The molecule has 0 N–H and O–H groups in total. The van der Waals surface area contributed by atoms with Gasteiger partial charge in [-0.05, 0) is 6.92 Å². The van der Waals surface area contributed by atoms with Crippen LogP contribution in [0.5, 0.6) is 0 Å². The summed E-state index contributed by atoms with van der Waals surface area (Å²) in [5, 5.41) is 0. The second-order valence-corrected chi connectivity index (χ2v) is 1.68. The van der Waals surface area contributed by atoms with Gasteiger partial charge in [0.05, 0.1) is 0 Å². The Morgan fingerprint density at radius 1 is 1.78 bits per heavy atom. The third-order valence-electron chi connectivity index (χ3n) is 0.453. The minimum atomic E-state index is -2.75. The lowest BCUT2D eigenvalue weighted by atomic mass is 10.5. The molecule has 4 nitrogen and oxygen atoms in total. The fourth-order valence-electron chi connectivity index (χ4n) is 0.231. The summed E-state index contributed by atoms with van der Waals surface area (Å²) in [6, 6.07) is 0. The Morgan fingerprint density at radius 3 is 2.67 bits per heavy atom. The molecule has 1 unspecified atom stereocenters. The lowest BCUT2D eigenvalue weighted by Crippen LogP contribution is -2.02. The van der Waals surface area contributed by atoms with Crippen LogP contribution >= 0.6 is 0 Å². The van der Waals surface area contributed by atoms with Crippen molar-refractivity contribution >= 4 is 17.3 Å². The number of carbonyl (C=O) groups excluding carboxylic acids is 1. The van der Waals surface area contributed by atoms with Gasteiger partial charge in [-0.15, -0.1) is 0 Å². The maximum atomic E-state index is 10.2. The van der Waals surface area contributed by atoms with E-state index in [9.17, 15) is 13.6 Å². The fraction of sp³-hybridized carbons (Fsp3) is 0.250. The van der Waals surface area contributed by atoms with Crippen molar-refractivity contribution in [2.75, 3.05) is 0 Å². The summed E-state index contributed by atoms with van der Waals surface area (Å²) >= 11 is -2.75. The average molecular weight is 149 g/mol. The van der Waals surface area contributed by atoms with Gasteiger partial charge in [0.2, 0.25) is 0 Å². The predicted molar refractivity (Wildman–Crippen MR) is 29.8 cm³/mol. The van der Waals surface area contributed by atoms with Gasteiger partial charge in [0.15, 0.2) is 0 Å². The molecule has 0 spiro atoms. The van der Waals surface area contributed by atoms with Crippen molar-refractivity contribution in [1.29, 1.82) is 0 Å². The molecule has 0 radical (unpaired) electrons. The molecule has 0 saturated carbocycles. The highest BCUT2D eigenvalue weighted by molar-refractivity contribution is 7.74. The van der Waals surface area contributed by atoms with Crippen LogP contribution in [-0.2, 0) is 20.3 Å². The molecule has 0 rings (SSSR count). The van der Waals surface area contributed by atoms with Crippen molar-refractivity contribution in [2.45, 2.75) is 6.92 Å². The van der Waals surface area contributed by atoms with Crippen LogP contribution in [0.4, 0.5) is 0 Å². The first kappa shape index (κ1) is 8.32. The number of allylic oxidation sites excluding steroid dienone is 1. The molecule has 0 aromatic carbocycles. The minimum absolute atomic E-state index is 0.883. The summed E-state index contributed by atoms with van der Waals surface area (Å²) in [7, 11) is 0. The highest BCUT2D eigenvalue weighted by atomic mass is 32.2. The highest BCUT2D eigenvalue weighted by Crippen LogP contribution is 1.82. The van der Waals surface area contributed by atoms with E-state index in [0.717, 1.165) is 6.08 Å². The van der Waals surface area contributed by atoms with Crippen LogP contribution in [0, 0.1) is 0 Å². The maximum Gasteiger partial charge on any atom is 0.343 e. The van der Waals surface area contributed by atoms with Crippen LogP contribution in [0.2, 0.25) is 0 Å². The molecule has 0 aliphatic carbocycles. The van der Waals surface area contributed by atoms with E-state index in [1.54, 1.807) is 6.92 Å². The Kier molecular flexibility index (Phi) is 3.90. The summed E-state index contributed by atoms with van der Waals surface area (Å²) < 4.78 is 22.9.